The van der Waals surface area contributed by atoms with E-state index in [1.807, 2.05) is 0 Å². The van der Waals surface area contributed by atoms with Crippen LogP contribution in [-0.2, 0) is 11.2 Å². The minimum absolute atomic E-state index is 0. The number of hydrogen-bond acceptors (Lipinski definition) is 2. The zero-order valence-corrected chi connectivity index (χ0v) is 10.5. The van der Waals surface area contributed by atoms with E-state index in [1.54, 1.807) is 0 Å². The number of benzene rings is 1. The first kappa shape index (κ1) is 14.9. The maximum absolute atomic E-state index is 13.3. The number of amides is 1. The zero-order valence-electron chi connectivity index (χ0n) is 9.71. The van der Waals surface area contributed by atoms with Crippen LogP contribution in [0.3, 0.4) is 0 Å². The van der Waals surface area contributed by atoms with Gasteiger partial charge in [0.2, 0.25) is 5.91 Å². The summed E-state index contributed by atoms with van der Waals surface area (Å²) in [5.74, 6) is -1.68. The van der Waals surface area contributed by atoms with Crippen LogP contribution in [0.4, 0.5) is 8.78 Å². The first-order chi connectivity index (χ1) is 8.16. The Kier molecular flexibility index (Phi) is 5.50. The van der Waals surface area contributed by atoms with Crippen molar-refractivity contribution in [1.29, 1.82) is 0 Å². The number of nitrogens with one attached hydrogen (secondary N) is 2. The Morgan fingerprint density at radius 3 is 2.72 bits per heavy atom. The van der Waals surface area contributed by atoms with E-state index in [-0.39, 0.29) is 30.3 Å². The van der Waals surface area contributed by atoms with Crippen LogP contribution < -0.4 is 10.6 Å². The second-order valence-electron chi connectivity index (χ2n) is 4.22. The van der Waals surface area contributed by atoms with E-state index >= 15 is 0 Å². The van der Waals surface area contributed by atoms with Crippen molar-refractivity contribution in [2.24, 2.45) is 5.92 Å². The quantitative estimate of drug-likeness (QED) is 0.869. The molecular weight excluding hydrogens is 262 g/mol. The van der Waals surface area contributed by atoms with Crippen molar-refractivity contribution in [1.82, 2.24) is 10.6 Å². The van der Waals surface area contributed by atoms with Crippen LogP contribution in [0.15, 0.2) is 18.2 Å². The van der Waals surface area contributed by atoms with Gasteiger partial charge in [-0.15, -0.1) is 12.4 Å². The molecule has 100 valence electrons. The summed E-state index contributed by atoms with van der Waals surface area (Å²) in [6.45, 7) is 2.38. The average molecular weight is 277 g/mol. The van der Waals surface area contributed by atoms with Gasteiger partial charge in [0, 0.05) is 31.1 Å². The third kappa shape index (κ3) is 3.65. The second-order valence-corrected chi connectivity index (χ2v) is 4.22. The van der Waals surface area contributed by atoms with Gasteiger partial charge >= 0.3 is 0 Å². The Morgan fingerprint density at radius 2 is 2.11 bits per heavy atom. The van der Waals surface area contributed by atoms with Crippen molar-refractivity contribution in [2.45, 2.75) is 6.42 Å². The molecular formula is C12H15ClF2N2O. The van der Waals surface area contributed by atoms with Crippen molar-refractivity contribution >= 4 is 18.3 Å². The molecule has 1 aliphatic heterocycles. The molecule has 0 aromatic heterocycles. The Morgan fingerprint density at radius 1 is 1.39 bits per heavy atom. The van der Waals surface area contributed by atoms with E-state index in [1.165, 1.54) is 12.1 Å². The van der Waals surface area contributed by atoms with Gasteiger partial charge < -0.3 is 10.6 Å². The summed E-state index contributed by atoms with van der Waals surface area (Å²) in [6.07, 6.45) is -0.121. The van der Waals surface area contributed by atoms with Gasteiger partial charge in [-0.25, -0.2) is 8.78 Å². The third-order valence-electron chi connectivity index (χ3n) is 2.84. The minimum Gasteiger partial charge on any atom is -0.355 e. The number of carbonyl (C=O) groups excluding carboxylic acids is 1. The lowest BCUT2D eigenvalue weighted by molar-refractivity contribution is -0.120. The molecule has 1 saturated heterocycles. The summed E-state index contributed by atoms with van der Waals surface area (Å²) < 4.78 is 26.2. The van der Waals surface area contributed by atoms with Gasteiger partial charge in [-0.2, -0.15) is 0 Å². The van der Waals surface area contributed by atoms with Crippen LogP contribution in [0.25, 0.3) is 0 Å². The summed E-state index contributed by atoms with van der Waals surface area (Å²) >= 11 is 0. The molecule has 2 N–H and O–H groups in total. The maximum Gasteiger partial charge on any atom is 0.224 e. The molecule has 0 spiro atoms. The molecule has 0 bridgehead atoms. The van der Waals surface area contributed by atoms with Crippen molar-refractivity contribution in [3.63, 3.8) is 0 Å². The molecule has 0 aliphatic carbocycles. The third-order valence-corrected chi connectivity index (χ3v) is 2.84. The van der Waals surface area contributed by atoms with Gasteiger partial charge in [-0.05, 0) is 6.07 Å². The lowest BCUT2D eigenvalue weighted by Gasteiger charge is -2.27. The Hall–Kier alpha value is -1.20. The standard InChI is InChI=1S/C12H14F2N2O.ClH/c13-10-3-1-2-9(12(10)14)4-11(17)16-7-8-5-15-6-8;/h1-3,8,15H,4-7H2,(H,16,17);1H. The minimum atomic E-state index is -0.937. The molecule has 0 saturated carbocycles. The zero-order chi connectivity index (χ0) is 12.3. The fourth-order valence-electron chi connectivity index (χ4n) is 1.67. The van der Waals surface area contributed by atoms with Crippen molar-refractivity contribution in [3.8, 4) is 0 Å². The van der Waals surface area contributed by atoms with Crippen LogP contribution in [0.1, 0.15) is 5.56 Å². The van der Waals surface area contributed by atoms with Crippen molar-refractivity contribution < 1.29 is 13.6 Å². The number of hydrogen-bond donors (Lipinski definition) is 2. The molecule has 3 nitrogen and oxygen atoms in total. The first-order valence-electron chi connectivity index (χ1n) is 5.57. The van der Waals surface area contributed by atoms with Crippen molar-refractivity contribution in [3.05, 3.63) is 35.4 Å². The SMILES string of the molecule is Cl.O=C(Cc1cccc(F)c1F)NCC1CNC1. The first-order valence-corrected chi connectivity index (χ1v) is 5.57. The van der Waals surface area contributed by atoms with Crippen LogP contribution in [0.2, 0.25) is 0 Å². The summed E-state index contributed by atoms with van der Waals surface area (Å²) in [6, 6.07) is 3.86. The van der Waals surface area contributed by atoms with E-state index in [9.17, 15) is 13.6 Å². The Bertz CT molecular complexity index is 425. The average Bonchev–Trinajstić information content (AvgIpc) is 2.23. The molecule has 1 fully saturated rings. The Balaban J connectivity index is 0.00000162. The maximum atomic E-state index is 13.3. The molecule has 1 heterocycles. The monoisotopic (exact) mass is 276 g/mol. The van der Waals surface area contributed by atoms with Gasteiger partial charge in [-0.1, -0.05) is 12.1 Å². The molecule has 6 heteroatoms. The van der Waals surface area contributed by atoms with Crippen LogP contribution in [0.5, 0.6) is 0 Å². The molecule has 0 atom stereocenters. The van der Waals surface area contributed by atoms with Gasteiger partial charge in [-0.3, -0.25) is 4.79 Å². The van der Waals surface area contributed by atoms with Gasteiger partial charge in [0.1, 0.15) is 0 Å². The number of rotatable bonds is 4. The molecule has 0 unspecified atom stereocenters. The van der Waals surface area contributed by atoms with E-state index in [4.69, 9.17) is 0 Å². The van der Waals surface area contributed by atoms with Gasteiger partial charge in [0.25, 0.3) is 0 Å². The van der Waals surface area contributed by atoms with E-state index in [0.717, 1.165) is 19.2 Å². The van der Waals surface area contributed by atoms with Crippen LogP contribution in [-0.4, -0.2) is 25.5 Å². The van der Waals surface area contributed by atoms with Gasteiger partial charge in [0.15, 0.2) is 11.6 Å². The number of carbonyl (C=O) groups is 1. The molecule has 1 aliphatic rings. The Labute approximate surface area is 110 Å². The lowest BCUT2D eigenvalue weighted by atomic mass is 10.0. The summed E-state index contributed by atoms with van der Waals surface area (Å²) in [5.41, 5.74) is 0.0919. The lowest BCUT2D eigenvalue weighted by Crippen LogP contribution is -2.48. The van der Waals surface area contributed by atoms with Crippen molar-refractivity contribution in [2.75, 3.05) is 19.6 Å². The number of halogens is 3. The summed E-state index contributed by atoms with van der Waals surface area (Å²) in [5, 5.41) is 5.80. The highest BCUT2D eigenvalue weighted by atomic mass is 35.5. The van der Waals surface area contributed by atoms with Gasteiger partial charge in [0.05, 0.1) is 6.42 Å². The largest absolute Gasteiger partial charge is 0.355 e. The van der Waals surface area contributed by atoms with E-state index in [0.29, 0.717) is 12.5 Å². The fourth-order valence-corrected chi connectivity index (χ4v) is 1.67. The fraction of sp³-hybridized carbons (Fsp3) is 0.417. The predicted octanol–water partition coefficient (Wildman–Crippen LogP) is 1.26. The van der Waals surface area contributed by atoms with E-state index < -0.39 is 11.6 Å². The molecule has 0 radical (unpaired) electrons. The topological polar surface area (TPSA) is 41.1 Å². The molecule has 1 amide bonds. The molecule has 2 rings (SSSR count). The highest BCUT2D eigenvalue weighted by Crippen LogP contribution is 2.11. The summed E-state index contributed by atoms with van der Waals surface area (Å²) in [4.78, 5) is 11.5. The normalized spacial score (nSPS) is 14.6. The highest BCUT2D eigenvalue weighted by Gasteiger charge is 2.18. The molecule has 18 heavy (non-hydrogen) atoms. The van der Waals surface area contributed by atoms with E-state index in [2.05, 4.69) is 10.6 Å². The van der Waals surface area contributed by atoms with Crippen LogP contribution >= 0.6 is 12.4 Å². The second kappa shape index (κ2) is 6.66. The highest BCUT2D eigenvalue weighted by molar-refractivity contribution is 5.85. The smallest absolute Gasteiger partial charge is 0.224 e. The molecule has 1 aromatic carbocycles. The predicted molar refractivity (Wildman–Crippen MR) is 66.7 cm³/mol. The molecule has 1 aromatic rings. The van der Waals surface area contributed by atoms with Crippen LogP contribution in [0, 0.1) is 17.6 Å². The summed E-state index contributed by atoms with van der Waals surface area (Å²) in [7, 11) is 0.